The summed E-state index contributed by atoms with van der Waals surface area (Å²) in [5.41, 5.74) is 3.69. The van der Waals surface area contributed by atoms with Gasteiger partial charge in [-0.25, -0.2) is 4.98 Å². The van der Waals surface area contributed by atoms with E-state index >= 15 is 0 Å². The van der Waals surface area contributed by atoms with E-state index in [1.54, 1.807) is 24.3 Å². The van der Waals surface area contributed by atoms with Crippen LogP contribution in [0, 0.1) is 13.8 Å². The number of aliphatic hydroxyl groups excluding tert-OH is 1. The summed E-state index contributed by atoms with van der Waals surface area (Å²) >= 11 is 12.8. The molecule has 40 heavy (non-hydrogen) atoms. The van der Waals surface area contributed by atoms with Gasteiger partial charge in [0.05, 0.1) is 54.6 Å². The Bertz CT molecular complexity index is 1690. The molecule has 1 amide bonds. The lowest BCUT2D eigenvalue weighted by Gasteiger charge is -2.23. The van der Waals surface area contributed by atoms with E-state index in [2.05, 4.69) is 9.97 Å². The quantitative estimate of drug-likeness (QED) is 0.160. The number of amides is 1. The number of anilines is 1. The lowest BCUT2D eigenvalue weighted by atomic mass is 9.95. The van der Waals surface area contributed by atoms with Crippen molar-refractivity contribution in [3.05, 3.63) is 80.3 Å². The number of carbonyl (C=O) groups is 2. The smallest absolute Gasteiger partial charge is 0.302 e. The molecular weight excluding hydrogens is 557 g/mol. The highest BCUT2D eigenvalue weighted by molar-refractivity contribution is 6.51. The minimum absolute atomic E-state index is 0.00534. The summed E-state index contributed by atoms with van der Waals surface area (Å²) in [5.74, 6) is -1.55. The summed E-state index contributed by atoms with van der Waals surface area (Å²) in [6.45, 7) is 3.93. The number of aryl methyl sites for hydroxylation is 2. The van der Waals surface area contributed by atoms with E-state index in [0.717, 1.165) is 11.1 Å². The first-order chi connectivity index (χ1) is 19.1. The van der Waals surface area contributed by atoms with E-state index in [4.69, 9.17) is 37.4 Å². The van der Waals surface area contributed by atoms with Crippen LogP contribution in [0.5, 0.6) is 17.2 Å². The molecule has 0 aliphatic carbocycles. The van der Waals surface area contributed by atoms with Crippen LogP contribution in [-0.2, 0) is 9.59 Å². The molecule has 1 unspecified atom stereocenters. The number of methoxy groups -OCH3 is 3. The molecule has 0 radical (unpaired) electrons. The van der Waals surface area contributed by atoms with Crippen LogP contribution in [0.25, 0.3) is 16.8 Å². The lowest BCUT2D eigenvalue weighted by molar-refractivity contribution is -0.132. The fourth-order valence-electron chi connectivity index (χ4n) is 4.84. The third kappa shape index (κ3) is 4.31. The number of nitrogens with one attached hydrogen (secondary N) is 1. The molecular formula is C29H25Cl2N3O6. The number of Topliss-reactive ketones (excluding diaryl/α,β-unsaturated/α-hetero) is 1. The van der Waals surface area contributed by atoms with Gasteiger partial charge in [0.25, 0.3) is 5.78 Å². The maximum Gasteiger partial charge on any atom is 0.302 e. The molecule has 11 heteroatoms. The predicted octanol–water partition coefficient (Wildman–Crippen LogP) is 6.14. The van der Waals surface area contributed by atoms with Gasteiger partial charge in [-0.15, -0.1) is 0 Å². The van der Waals surface area contributed by atoms with Crippen LogP contribution in [0.15, 0.2) is 48.0 Å². The Balaban J connectivity index is 1.79. The monoisotopic (exact) mass is 581 g/mol. The second-order valence-electron chi connectivity index (χ2n) is 9.25. The number of imidazole rings is 1. The van der Waals surface area contributed by atoms with Crippen molar-refractivity contribution >= 4 is 57.6 Å². The van der Waals surface area contributed by atoms with Crippen LogP contribution < -0.4 is 19.1 Å². The first-order valence-corrected chi connectivity index (χ1v) is 12.9. The Morgan fingerprint density at radius 3 is 2.35 bits per heavy atom. The van der Waals surface area contributed by atoms with Gasteiger partial charge >= 0.3 is 5.91 Å². The number of rotatable bonds is 6. The molecule has 4 aromatic rings. The van der Waals surface area contributed by atoms with Crippen molar-refractivity contribution in [2.24, 2.45) is 0 Å². The minimum atomic E-state index is -1.08. The average Bonchev–Trinajstić information content (AvgIpc) is 3.45. The number of aromatic amines is 1. The lowest BCUT2D eigenvalue weighted by Crippen LogP contribution is -2.30. The van der Waals surface area contributed by atoms with Crippen molar-refractivity contribution in [1.29, 1.82) is 0 Å². The Labute approximate surface area is 239 Å². The molecule has 1 aliphatic rings. The molecule has 0 saturated carbocycles. The zero-order chi connectivity index (χ0) is 28.9. The van der Waals surface area contributed by atoms with Crippen LogP contribution in [0.1, 0.15) is 28.3 Å². The number of aromatic nitrogens is 2. The van der Waals surface area contributed by atoms with E-state index in [1.807, 2.05) is 26.0 Å². The Hall–Kier alpha value is -4.21. The molecule has 9 nitrogen and oxygen atoms in total. The molecule has 1 aromatic heterocycles. The molecule has 1 fully saturated rings. The number of ether oxygens (including phenoxy) is 3. The molecule has 2 heterocycles. The van der Waals surface area contributed by atoms with Crippen molar-refractivity contribution in [3.8, 4) is 17.2 Å². The van der Waals surface area contributed by atoms with E-state index < -0.39 is 23.5 Å². The van der Waals surface area contributed by atoms with E-state index in [1.165, 1.54) is 32.3 Å². The fourth-order valence-corrected chi connectivity index (χ4v) is 5.53. The summed E-state index contributed by atoms with van der Waals surface area (Å²) in [6.07, 6.45) is 0. The third-order valence-corrected chi connectivity index (χ3v) is 7.59. The number of carbonyl (C=O) groups excluding carboxylic acids is 2. The molecule has 206 valence electrons. The van der Waals surface area contributed by atoms with Crippen LogP contribution in [0.4, 0.5) is 5.95 Å². The number of ketones is 1. The first kappa shape index (κ1) is 27.4. The van der Waals surface area contributed by atoms with Crippen molar-refractivity contribution < 1.29 is 28.9 Å². The summed E-state index contributed by atoms with van der Waals surface area (Å²) < 4.78 is 16.1. The summed E-state index contributed by atoms with van der Waals surface area (Å²) in [5, 5.41) is 11.7. The Morgan fingerprint density at radius 2 is 1.68 bits per heavy atom. The molecule has 0 bridgehead atoms. The predicted molar refractivity (Wildman–Crippen MR) is 153 cm³/mol. The second kappa shape index (κ2) is 10.4. The number of aliphatic hydroxyl groups is 1. The topological polar surface area (TPSA) is 114 Å². The SMILES string of the molecule is COc1cccc(C2/C(=C(\O)c3cc(Cl)c(OC)c(Cl)c3OC)C(=O)C(=O)N2c2nc3cc(C)c(C)cc3[nH]2)c1. The van der Waals surface area contributed by atoms with Gasteiger partial charge in [-0.1, -0.05) is 35.3 Å². The van der Waals surface area contributed by atoms with Gasteiger partial charge < -0.3 is 24.3 Å². The highest BCUT2D eigenvalue weighted by Crippen LogP contribution is 2.48. The number of fused-ring (bicyclic) bond motifs is 1. The Kier molecular flexibility index (Phi) is 7.12. The molecule has 3 aromatic carbocycles. The Morgan fingerprint density at radius 1 is 0.975 bits per heavy atom. The normalized spacial score (nSPS) is 16.6. The zero-order valence-electron chi connectivity index (χ0n) is 22.3. The fraction of sp³-hybridized carbons (Fsp3) is 0.207. The third-order valence-electron chi connectivity index (χ3n) is 6.96. The van der Waals surface area contributed by atoms with Gasteiger partial charge in [0, 0.05) is 0 Å². The maximum absolute atomic E-state index is 13.6. The molecule has 1 aliphatic heterocycles. The van der Waals surface area contributed by atoms with Crippen LogP contribution in [0.2, 0.25) is 10.0 Å². The second-order valence-corrected chi connectivity index (χ2v) is 10.0. The maximum atomic E-state index is 13.6. The van der Waals surface area contributed by atoms with Gasteiger partial charge in [-0.3, -0.25) is 14.5 Å². The first-order valence-electron chi connectivity index (χ1n) is 12.1. The van der Waals surface area contributed by atoms with Crippen LogP contribution >= 0.6 is 23.2 Å². The molecule has 5 rings (SSSR count). The van der Waals surface area contributed by atoms with Crippen molar-refractivity contribution in [3.63, 3.8) is 0 Å². The molecule has 0 spiro atoms. The number of benzene rings is 3. The van der Waals surface area contributed by atoms with Gasteiger partial charge in [-0.2, -0.15) is 0 Å². The summed E-state index contributed by atoms with van der Waals surface area (Å²) in [4.78, 5) is 36.3. The number of halogens is 2. The molecule has 2 N–H and O–H groups in total. The van der Waals surface area contributed by atoms with Gasteiger partial charge in [0.1, 0.15) is 16.5 Å². The molecule has 1 atom stereocenters. The average molecular weight is 582 g/mol. The number of hydrogen-bond acceptors (Lipinski definition) is 7. The van der Waals surface area contributed by atoms with Crippen molar-refractivity contribution in [2.75, 3.05) is 26.2 Å². The summed E-state index contributed by atoms with van der Waals surface area (Å²) in [6, 6.07) is 11.0. The van der Waals surface area contributed by atoms with E-state index in [-0.39, 0.29) is 38.6 Å². The van der Waals surface area contributed by atoms with Gasteiger partial charge in [0.2, 0.25) is 5.95 Å². The number of H-pyrrole nitrogens is 1. The standard InChI is InChI=1S/C29H25Cl2N3O6/c1-13-9-19-20(10-14(13)2)33-29(32-19)34-23(15-7-6-8-16(11-15)38-3)21(25(36)28(34)37)24(35)17-12-18(30)27(40-5)22(31)26(17)39-4/h6-12,23,35H,1-5H3,(H,32,33)/b24-21+. The van der Waals surface area contributed by atoms with E-state index in [0.29, 0.717) is 22.3 Å². The van der Waals surface area contributed by atoms with Gasteiger partial charge in [0.15, 0.2) is 11.5 Å². The zero-order valence-corrected chi connectivity index (χ0v) is 23.8. The molecule has 1 saturated heterocycles. The minimum Gasteiger partial charge on any atom is -0.507 e. The van der Waals surface area contributed by atoms with Crippen LogP contribution in [-0.4, -0.2) is 48.1 Å². The largest absolute Gasteiger partial charge is 0.507 e. The van der Waals surface area contributed by atoms with Crippen molar-refractivity contribution in [2.45, 2.75) is 19.9 Å². The van der Waals surface area contributed by atoms with Crippen molar-refractivity contribution in [1.82, 2.24) is 9.97 Å². The summed E-state index contributed by atoms with van der Waals surface area (Å²) in [7, 11) is 4.24. The highest BCUT2D eigenvalue weighted by Gasteiger charge is 2.48. The van der Waals surface area contributed by atoms with Crippen LogP contribution in [0.3, 0.4) is 0 Å². The number of hydrogen-bond donors (Lipinski definition) is 2. The van der Waals surface area contributed by atoms with Gasteiger partial charge in [-0.05, 0) is 60.9 Å². The van der Waals surface area contributed by atoms with E-state index in [9.17, 15) is 14.7 Å². The highest BCUT2D eigenvalue weighted by atomic mass is 35.5. The number of nitrogens with zero attached hydrogens (tertiary/aromatic N) is 2.